The topological polar surface area (TPSA) is 92.5 Å². The van der Waals surface area contributed by atoms with Crippen molar-refractivity contribution in [2.24, 2.45) is 0 Å². The number of sulfonamides is 1. The van der Waals surface area contributed by atoms with E-state index in [0.717, 1.165) is 11.8 Å². The number of amides is 1. The van der Waals surface area contributed by atoms with Gasteiger partial charge in [-0.25, -0.2) is 13.4 Å². The molecule has 0 spiro atoms. The molecule has 0 bridgehead atoms. The highest BCUT2D eigenvalue weighted by Gasteiger charge is 2.37. The van der Waals surface area contributed by atoms with Crippen LogP contribution in [0.3, 0.4) is 0 Å². The summed E-state index contributed by atoms with van der Waals surface area (Å²) in [5.41, 5.74) is 1.38. The Morgan fingerprint density at radius 1 is 1.43 bits per heavy atom. The second-order valence-corrected chi connectivity index (χ2v) is 7.72. The Hall–Kier alpha value is -1.93. The second-order valence-electron chi connectivity index (χ2n) is 5.78. The van der Waals surface area contributed by atoms with E-state index in [0.29, 0.717) is 30.9 Å². The lowest BCUT2D eigenvalue weighted by atomic mass is 10.2. The van der Waals surface area contributed by atoms with Crippen LogP contribution in [-0.4, -0.2) is 42.5 Å². The lowest BCUT2D eigenvalue weighted by molar-refractivity contribution is -0.125. The van der Waals surface area contributed by atoms with Crippen LogP contribution in [0.1, 0.15) is 31.7 Å². The molecule has 1 N–H and O–H groups in total. The van der Waals surface area contributed by atoms with Gasteiger partial charge in [0.2, 0.25) is 21.8 Å². The zero-order valence-electron chi connectivity index (χ0n) is 13.0. The SMILES string of the molecule is C[C@@H](NC(=O)[C@@H]1CCCN1S(C)(=O)=O)c1nc2ccccc2o1. The van der Waals surface area contributed by atoms with Crippen molar-refractivity contribution in [2.75, 3.05) is 12.8 Å². The van der Waals surface area contributed by atoms with Crippen LogP contribution in [0.4, 0.5) is 0 Å². The summed E-state index contributed by atoms with van der Waals surface area (Å²) in [5.74, 6) is 0.0890. The van der Waals surface area contributed by atoms with Crippen LogP contribution in [0.25, 0.3) is 11.1 Å². The number of aromatic nitrogens is 1. The average molecular weight is 337 g/mol. The fourth-order valence-corrected chi connectivity index (χ4v) is 3.97. The molecule has 23 heavy (non-hydrogen) atoms. The predicted molar refractivity (Wildman–Crippen MR) is 85.1 cm³/mol. The molecule has 0 aliphatic carbocycles. The summed E-state index contributed by atoms with van der Waals surface area (Å²) in [6, 6.07) is 6.26. The first-order chi connectivity index (χ1) is 10.9. The lowest BCUT2D eigenvalue weighted by Crippen LogP contribution is -2.46. The molecule has 0 saturated carbocycles. The Kier molecular flexibility index (Phi) is 4.11. The number of oxazole rings is 1. The van der Waals surface area contributed by atoms with Crippen LogP contribution in [0, 0.1) is 0 Å². The largest absolute Gasteiger partial charge is 0.438 e. The molecule has 2 aromatic rings. The first-order valence-corrected chi connectivity index (χ1v) is 9.34. The van der Waals surface area contributed by atoms with Crippen LogP contribution >= 0.6 is 0 Å². The van der Waals surface area contributed by atoms with Crippen molar-refractivity contribution >= 4 is 27.0 Å². The van der Waals surface area contributed by atoms with E-state index in [4.69, 9.17) is 4.42 Å². The first kappa shape index (κ1) is 15.9. The van der Waals surface area contributed by atoms with Gasteiger partial charge in [0.15, 0.2) is 5.58 Å². The molecular formula is C15H19N3O4S. The maximum atomic E-state index is 12.4. The van der Waals surface area contributed by atoms with Crippen molar-refractivity contribution in [3.8, 4) is 0 Å². The average Bonchev–Trinajstić information content (AvgIpc) is 3.13. The third-order valence-electron chi connectivity index (χ3n) is 3.97. The highest BCUT2D eigenvalue weighted by atomic mass is 32.2. The van der Waals surface area contributed by atoms with E-state index < -0.39 is 22.1 Å². The molecule has 2 heterocycles. The van der Waals surface area contributed by atoms with Gasteiger partial charge in [0.25, 0.3) is 0 Å². The van der Waals surface area contributed by atoms with Crippen molar-refractivity contribution in [1.82, 2.24) is 14.6 Å². The number of benzene rings is 1. The molecule has 0 unspecified atom stereocenters. The zero-order valence-corrected chi connectivity index (χ0v) is 13.8. The van der Waals surface area contributed by atoms with E-state index in [1.54, 1.807) is 6.92 Å². The molecule has 124 valence electrons. The monoisotopic (exact) mass is 337 g/mol. The van der Waals surface area contributed by atoms with Gasteiger partial charge >= 0.3 is 0 Å². The Balaban J connectivity index is 1.74. The number of hydrogen-bond donors (Lipinski definition) is 1. The van der Waals surface area contributed by atoms with Gasteiger partial charge in [-0.2, -0.15) is 4.31 Å². The fraction of sp³-hybridized carbons (Fsp3) is 0.467. The van der Waals surface area contributed by atoms with Crippen molar-refractivity contribution in [3.63, 3.8) is 0 Å². The third-order valence-corrected chi connectivity index (χ3v) is 5.26. The summed E-state index contributed by atoms with van der Waals surface area (Å²) in [5, 5.41) is 2.80. The molecule has 1 aromatic heterocycles. The van der Waals surface area contributed by atoms with E-state index in [1.807, 2.05) is 24.3 Å². The molecule has 1 aromatic carbocycles. The second kappa shape index (κ2) is 5.93. The predicted octanol–water partition coefficient (Wildman–Crippen LogP) is 1.43. The van der Waals surface area contributed by atoms with Gasteiger partial charge < -0.3 is 9.73 Å². The summed E-state index contributed by atoms with van der Waals surface area (Å²) in [4.78, 5) is 16.8. The smallest absolute Gasteiger partial charge is 0.239 e. The highest BCUT2D eigenvalue weighted by Crippen LogP contribution is 2.23. The van der Waals surface area contributed by atoms with Gasteiger partial charge in [-0.15, -0.1) is 0 Å². The number of hydrogen-bond acceptors (Lipinski definition) is 5. The number of carbonyl (C=O) groups is 1. The Morgan fingerprint density at radius 2 is 2.17 bits per heavy atom. The molecule has 1 fully saturated rings. The van der Waals surface area contributed by atoms with Crippen LogP contribution in [0.15, 0.2) is 28.7 Å². The fourth-order valence-electron chi connectivity index (χ4n) is 2.85. The van der Waals surface area contributed by atoms with Crippen LogP contribution in [0.5, 0.6) is 0 Å². The van der Waals surface area contributed by atoms with Gasteiger partial charge in [0.05, 0.1) is 6.26 Å². The molecule has 8 heteroatoms. The number of fused-ring (bicyclic) bond motifs is 1. The molecule has 2 atom stereocenters. The number of nitrogens with zero attached hydrogens (tertiary/aromatic N) is 2. The van der Waals surface area contributed by atoms with Crippen molar-refractivity contribution in [2.45, 2.75) is 31.8 Å². The molecule has 3 rings (SSSR count). The van der Waals surface area contributed by atoms with Gasteiger partial charge in [0, 0.05) is 6.54 Å². The molecule has 1 amide bonds. The number of nitrogens with one attached hydrogen (secondary N) is 1. The molecular weight excluding hydrogens is 318 g/mol. The summed E-state index contributed by atoms with van der Waals surface area (Å²) >= 11 is 0. The number of rotatable bonds is 4. The zero-order chi connectivity index (χ0) is 16.6. The van der Waals surface area contributed by atoms with Gasteiger partial charge in [-0.3, -0.25) is 4.79 Å². The molecule has 1 aliphatic heterocycles. The summed E-state index contributed by atoms with van der Waals surface area (Å²) < 4.78 is 30.4. The maximum absolute atomic E-state index is 12.4. The van der Waals surface area contributed by atoms with Crippen molar-refractivity contribution in [1.29, 1.82) is 0 Å². The number of para-hydroxylation sites is 2. The van der Waals surface area contributed by atoms with Gasteiger partial charge in [-0.1, -0.05) is 12.1 Å². The molecule has 0 radical (unpaired) electrons. The Morgan fingerprint density at radius 3 is 2.87 bits per heavy atom. The normalized spacial score (nSPS) is 20.7. The summed E-state index contributed by atoms with van der Waals surface area (Å²) in [6.07, 6.45) is 2.34. The van der Waals surface area contributed by atoms with E-state index in [1.165, 1.54) is 4.31 Å². The highest BCUT2D eigenvalue weighted by molar-refractivity contribution is 7.88. The molecule has 7 nitrogen and oxygen atoms in total. The van der Waals surface area contributed by atoms with E-state index >= 15 is 0 Å². The van der Waals surface area contributed by atoms with E-state index in [2.05, 4.69) is 10.3 Å². The Bertz CT molecular complexity index is 797. The maximum Gasteiger partial charge on any atom is 0.239 e. The summed E-state index contributed by atoms with van der Waals surface area (Å²) in [6.45, 7) is 2.15. The number of carbonyl (C=O) groups excluding carboxylic acids is 1. The summed E-state index contributed by atoms with van der Waals surface area (Å²) in [7, 11) is -3.38. The van der Waals surface area contributed by atoms with E-state index in [9.17, 15) is 13.2 Å². The third kappa shape index (κ3) is 3.23. The first-order valence-electron chi connectivity index (χ1n) is 7.49. The Labute approximate surface area is 134 Å². The minimum Gasteiger partial charge on any atom is -0.438 e. The van der Waals surface area contributed by atoms with Gasteiger partial charge in [0.1, 0.15) is 17.6 Å². The minimum absolute atomic E-state index is 0.317. The van der Waals surface area contributed by atoms with Crippen LogP contribution < -0.4 is 5.32 Å². The van der Waals surface area contributed by atoms with Crippen LogP contribution in [0.2, 0.25) is 0 Å². The molecule has 1 saturated heterocycles. The quantitative estimate of drug-likeness (QED) is 0.911. The standard InChI is InChI=1S/C15H19N3O4S/c1-10(15-17-11-6-3-4-8-13(11)22-15)16-14(19)12-7-5-9-18(12)23(2,20)21/h3-4,6,8,10,12H,5,7,9H2,1-2H3,(H,16,19)/t10-,12+/m1/s1. The van der Waals surface area contributed by atoms with Crippen molar-refractivity contribution in [3.05, 3.63) is 30.2 Å². The van der Waals surface area contributed by atoms with E-state index in [-0.39, 0.29) is 5.91 Å². The van der Waals surface area contributed by atoms with Crippen molar-refractivity contribution < 1.29 is 17.6 Å². The minimum atomic E-state index is -3.38. The molecule has 1 aliphatic rings. The van der Waals surface area contributed by atoms with Gasteiger partial charge in [-0.05, 0) is 31.9 Å². The lowest BCUT2D eigenvalue weighted by Gasteiger charge is -2.22. The van der Waals surface area contributed by atoms with Crippen LogP contribution in [-0.2, 0) is 14.8 Å².